The molecular weight excluding hydrogens is 260 g/mol. The number of hydrogen-bond donors (Lipinski definition) is 1. The summed E-state index contributed by atoms with van der Waals surface area (Å²) in [4.78, 5) is 2.29. The minimum absolute atomic E-state index is 0.572. The van der Waals surface area contributed by atoms with E-state index in [9.17, 15) is 0 Å². The first kappa shape index (κ1) is 15.5. The van der Waals surface area contributed by atoms with Gasteiger partial charge in [0.2, 0.25) is 0 Å². The van der Waals surface area contributed by atoms with Crippen LogP contribution in [0.5, 0.6) is 5.75 Å². The molecule has 0 saturated heterocycles. The first-order valence-electron chi connectivity index (χ1n) is 7.42. The zero-order chi connectivity index (χ0) is 14.9. The Hall–Kier alpha value is -1.84. The number of hydrogen-bond acceptors (Lipinski definition) is 3. The van der Waals surface area contributed by atoms with E-state index in [-0.39, 0.29) is 0 Å². The van der Waals surface area contributed by atoms with Crippen LogP contribution in [0, 0.1) is 0 Å². The zero-order valence-corrected chi connectivity index (χ0v) is 12.7. The van der Waals surface area contributed by atoms with Crippen LogP contribution < -0.4 is 10.5 Å². The predicted octanol–water partition coefficient (Wildman–Crippen LogP) is 2.70. The third kappa shape index (κ3) is 5.58. The second-order valence-corrected chi connectivity index (χ2v) is 5.24. The molecule has 0 saturated carbocycles. The molecule has 0 fully saturated rings. The first-order valence-corrected chi connectivity index (χ1v) is 7.42. The molecule has 0 radical (unpaired) electrons. The van der Waals surface area contributed by atoms with Gasteiger partial charge in [0.05, 0.1) is 0 Å². The summed E-state index contributed by atoms with van der Waals surface area (Å²) in [5.41, 5.74) is 8.08. The Kier molecular flexibility index (Phi) is 6.25. The summed E-state index contributed by atoms with van der Waals surface area (Å²) >= 11 is 0. The molecule has 3 heteroatoms. The lowest BCUT2D eigenvalue weighted by molar-refractivity contribution is 0.239. The Labute approximate surface area is 127 Å². The van der Waals surface area contributed by atoms with E-state index in [0.29, 0.717) is 13.2 Å². The van der Waals surface area contributed by atoms with E-state index in [1.54, 1.807) is 0 Å². The molecule has 112 valence electrons. The molecule has 2 aromatic rings. The van der Waals surface area contributed by atoms with Gasteiger partial charge in [-0.1, -0.05) is 42.5 Å². The molecule has 0 bridgehead atoms. The fourth-order valence-corrected chi connectivity index (χ4v) is 2.12. The fraction of sp³-hybridized carbons (Fsp3) is 0.333. The van der Waals surface area contributed by atoms with Crippen LogP contribution in [0.2, 0.25) is 0 Å². The molecule has 0 unspecified atom stereocenters. The molecule has 2 N–H and O–H groups in total. The average Bonchev–Trinajstić information content (AvgIpc) is 2.54. The Morgan fingerprint density at radius 3 is 2.29 bits per heavy atom. The van der Waals surface area contributed by atoms with Gasteiger partial charge in [0.1, 0.15) is 12.4 Å². The number of rotatable bonds is 8. The van der Waals surface area contributed by atoms with Crippen molar-refractivity contribution in [3.05, 3.63) is 65.7 Å². The second kappa shape index (κ2) is 8.45. The highest BCUT2D eigenvalue weighted by Gasteiger charge is 2.00. The summed E-state index contributed by atoms with van der Waals surface area (Å²) in [6.45, 7) is 3.24. The number of nitrogens with zero attached hydrogens (tertiary/aromatic N) is 1. The van der Waals surface area contributed by atoms with Gasteiger partial charge in [-0.2, -0.15) is 0 Å². The van der Waals surface area contributed by atoms with Crippen molar-refractivity contribution in [2.45, 2.75) is 13.0 Å². The van der Waals surface area contributed by atoms with Gasteiger partial charge >= 0.3 is 0 Å². The largest absolute Gasteiger partial charge is 0.492 e. The van der Waals surface area contributed by atoms with Gasteiger partial charge in [0.25, 0.3) is 0 Å². The smallest absolute Gasteiger partial charge is 0.119 e. The normalized spacial score (nSPS) is 10.8. The molecule has 0 spiro atoms. The molecule has 0 amide bonds. The van der Waals surface area contributed by atoms with Crippen molar-refractivity contribution in [3.8, 4) is 5.75 Å². The fourth-order valence-electron chi connectivity index (χ4n) is 2.12. The van der Waals surface area contributed by atoms with Gasteiger partial charge in [0.15, 0.2) is 0 Å². The third-order valence-corrected chi connectivity index (χ3v) is 3.53. The lowest BCUT2D eigenvalue weighted by Gasteiger charge is -2.17. The summed E-state index contributed by atoms with van der Waals surface area (Å²) in [5, 5.41) is 0. The molecule has 0 atom stereocenters. The van der Waals surface area contributed by atoms with Crippen molar-refractivity contribution in [2.75, 3.05) is 26.7 Å². The third-order valence-electron chi connectivity index (χ3n) is 3.53. The summed E-state index contributed by atoms with van der Waals surface area (Å²) < 4.78 is 5.75. The molecule has 2 aromatic carbocycles. The SMILES string of the molecule is CN(CCOc1ccc(CN)cc1)CCc1ccccc1. The number of ether oxygens (including phenoxy) is 1. The van der Waals surface area contributed by atoms with E-state index in [1.807, 2.05) is 24.3 Å². The Morgan fingerprint density at radius 1 is 0.905 bits per heavy atom. The van der Waals surface area contributed by atoms with E-state index in [4.69, 9.17) is 10.5 Å². The van der Waals surface area contributed by atoms with Gasteiger partial charge < -0.3 is 15.4 Å². The van der Waals surface area contributed by atoms with Crippen LogP contribution in [0.4, 0.5) is 0 Å². The Morgan fingerprint density at radius 2 is 1.62 bits per heavy atom. The molecule has 0 heterocycles. The topological polar surface area (TPSA) is 38.5 Å². The number of benzene rings is 2. The van der Waals surface area contributed by atoms with Crippen LogP contribution in [0.15, 0.2) is 54.6 Å². The van der Waals surface area contributed by atoms with Crippen LogP contribution in [0.3, 0.4) is 0 Å². The zero-order valence-electron chi connectivity index (χ0n) is 12.7. The highest BCUT2D eigenvalue weighted by Crippen LogP contribution is 2.11. The highest BCUT2D eigenvalue weighted by atomic mass is 16.5. The van der Waals surface area contributed by atoms with Crippen LogP contribution >= 0.6 is 0 Å². The van der Waals surface area contributed by atoms with Crippen molar-refractivity contribution >= 4 is 0 Å². The maximum absolute atomic E-state index is 5.75. The second-order valence-electron chi connectivity index (χ2n) is 5.24. The number of nitrogens with two attached hydrogens (primary N) is 1. The van der Waals surface area contributed by atoms with Gasteiger partial charge in [-0.15, -0.1) is 0 Å². The van der Waals surface area contributed by atoms with Crippen LogP contribution in [0.25, 0.3) is 0 Å². The van der Waals surface area contributed by atoms with Crippen LogP contribution in [-0.2, 0) is 13.0 Å². The molecule has 2 rings (SSSR count). The van der Waals surface area contributed by atoms with E-state index >= 15 is 0 Å². The molecule has 3 nitrogen and oxygen atoms in total. The van der Waals surface area contributed by atoms with Crippen LogP contribution in [-0.4, -0.2) is 31.6 Å². The molecule has 0 aromatic heterocycles. The minimum atomic E-state index is 0.572. The quantitative estimate of drug-likeness (QED) is 0.810. The monoisotopic (exact) mass is 284 g/mol. The van der Waals surface area contributed by atoms with Crippen molar-refractivity contribution < 1.29 is 4.74 Å². The molecule has 21 heavy (non-hydrogen) atoms. The van der Waals surface area contributed by atoms with E-state index in [0.717, 1.165) is 30.8 Å². The first-order chi connectivity index (χ1) is 10.3. The molecule has 0 aliphatic rings. The van der Waals surface area contributed by atoms with E-state index in [1.165, 1.54) is 5.56 Å². The molecule has 0 aliphatic carbocycles. The van der Waals surface area contributed by atoms with Gasteiger partial charge in [-0.05, 0) is 36.7 Å². The Balaban J connectivity index is 1.65. The lowest BCUT2D eigenvalue weighted by Crippen LogP contribution is -2.26. The summed E-state index contributed by atoms with van der Waals surface area (Å²) in [6, 6.07) is 18.5. The summed E-state index contributed by atoms with van der Waals surface area (Å²) in [5.74, 6) is 0.906. The van der Waals surface area contributed by atoms with Gasteiger partial charge in [0, 0.05) is 19.6 Å². The maximum atomic E-state index is 5.75. The minimum Gasteiger partial charge on any atom is -0.492 e. The lowest BCUT2D eigenvalue weighted by atomic mass is 10.1. The van der Waals surface area contributed by atoms with Crippen molar-refractivity contribution in [2.24, 2.45) is 5.73 Å². The van der Waals surface area contributed by atoms with Crippen molar-refractivity contribution in [1.82, 2.24) is 4.90 Å². The van der Waals surface area contributed by atoms with E-state index < -0.39 is 0 Å². The average molecular weight is 284 g/mol. The summed E-state index contributed by atoms with van der Waals surface area (Å²) in [6.07, 6.45) is 1.07. The van der Waals surface area contributed by atoms with Crippen molar-refractivity contribution in [3.63, 3.8) is 0 Å². The van der Waals surface area contributed by atoms with Crippen LogP contribution in [0.1, 0.15) is 11.1 Å². The highest BCUT2D eigenvalue weighted by molar-refractivity contribution is 5.27. The predicted molar refractivity (Wildman–Crippen MR) is 87.5 cm³/mol. The summed E-state index contributed by atoms with van der Waals surface area (Å²) in [7, 11) is 2.13. The Bertz CT molecular complexity index is 511. The van der Waals surface area contributed by atoms with E-state index in [2.05, 4.69) is 42.3 Å². The van der Waals surface area contributed by atoms with Gasteiger partial charge in [-0.25, -0.2) is 0 Å². The number of likely N-dealkylation sites (N-methyl/N-ethyl adjacent to an activating group) is 1. The molecule has 0 aliphatic heterocycles. The van der Waals surface area contributed by atoms with Crippen molar-refractivity contribution in [1.29, 1.82) is 0 Å². The van der Waals surface area contributed by atoms with Gasteiger partial charge in [-0.3, -0.25) is 0 Å². The standard InChI is InChI=1S/C18H24N2O/c1-20(12-11-16-5-3-2-4-6-16)13-14-21-18-9-7-17(15-19)8-10-18/h2-10H,11-15,19H2,1H3. The molecular formula is C18H24N2O. The maximum Gasteiger partial charge on any atom is 0.119 e.